The van der Waals surface area contributed by atoms with Gasteiger partial charge in [-0.25, -0.2) is 0 Å². The zero-order valence-corrected chi connectivity index (χ0v) is 22.3. The van der Waals surface area contributed by atoms with E-state index in [1.54, 1.807) is 0 Å². The molecule has 43 heavy (non-hydrogen) atoms. The molecule has 0 spiro atoms. The lowest BCUT2D eigenvalue weighted by atomic mass is 9.98. The molecule has 0 radical (unpaired) electrons. The van der Waals surface area contributed by atoms with Crippen molar-refractivity contribution in [2.45, 2.75) is 68.3 Å². The first-order valence-corrected chi connectivity index (χ1v) is 13.0. The van der Waals surface area contributed by atoms with Gasteiger partial charge in [0.15, 0.2) is 35.0 Å². The molecule has 1 aromatic heterocycles. The van der Waals surface area contributed by atoms with Crippen LogP contribution in [0.2, 0.25) is 0 Å². The van der Waals surface area contributed by atoms with Crippen molar-refractivity contribution >= 4 is 11.0 Å². The molecule has 10 N–H and O–H groups in total. The summed E-state index contributed by atoms with van der Waals surface area (Å²) in [6.07, 6.45) is -16.2. The third-order valence-corrected chi connectivity index (χ3v) is 7.34. The minimum absolute atomic E-state index is 0.0130. The van der Waals surface area contributed by atoms with Crippen molar-refractivity contribution in [2.24, 2.45) is 0 Å². The largest absolute Gasteiger partial charge is 0.504 e. The minimum Gasteiger partial charge on any atom is -0.504 e. The van der Waals surface area contributed by atoms with Crippen LogP contribution in [0.1, 0.15) is 6.92 Å². The lowest BCUT2D eigenvalue weighted by Crippen LogP contribution is -2.61. The Bertz CT molecular complexity index is 1540. The number of fused-ring (bicyclic) bond motifs is 1. The maximum Gasteiger partial charge on any atom is 0.239 e. The van der Waals surface area contributed by atoms with E-state index in [4.69, 9.17) is 23.4 Å². The Morgan fingerprint density at radius 3 is 2.09 bits per heavy atom. The van der Waals surface area contributed by atoms with Crippen molar-refractivity contribution in [3.05, 3.63) is 40.6 Å². The predicted octanol–water partition coefficient (Wildman–Crippen LogP) is -1.69. The maximum atomic E-state index is 13.6. The van der Waals surface area contributed by atoms with Gasteiger partial charge < -0.3 is 74.4 Å². The highest BCUT2D eigenvalue weighted by Gasteiger charge is 2.47. The van der Waals surface area contributed by atoms with Gasteiger partial charge in [0.2, 0.25) is 17.5 Å². The molecule has 10 unspecified atom stereocenters. The van der Waals surface area contributed by atoms with Crippen LogP contribution in [0.25, 0.3) is 22.3 Å². The number of aliphatic hydroxyl groups excluding tert-OH is 6. The van der Waals surface area contributed by atoms with Gasteiger partial charge in [0, 0.05) is 5.56 Å². The van der Waals surface area contributed by atoms with E-state index in [2.05, 4.69) is 0 Å². The van der Waals surface area contributed by atoms with Crippen molar-refractivity contribution in [1.29, 1.82) is 0 Å². The van der Waals surface area contributed by atoms with Crippen LogP contribution in [-0.2, 0) is 14.2 Å². The van der Waals surface area contributed by atoms with Crippen molar-refractivity contribution in [2.75, 3.05) is 6.61 Å². The Hall–Kier alpha value is -3.71. The average molecular weight is 611 g/mol. The fourth-order valence-corrected chi connectivity index (χ4v) is 4.81. The number of hydrogen-bond acceptors (Lipinski definition) is 16. The van der Waals surface area contributed by atoms with Gasteiger partial charge in [-0.15, -0.1) is 0 Å². The Morgan fingerprint density at radius 2 is 1.40 bits per heavy atom. The summed E-state index contributed by atoms with van der Waals surface area (Å²) in [7, 11) is 0. The fraction of sp³-hybridized carbons (Fsp3) is 0.444. The Balaban J connectivity index is 1.48. The number of ether oxygens (including phenoxy) is 4. The third-order valence-electron chi connectivity index (χ3n) is 7.34. The lowest BCUT2D eigenvalue weighted by Gasteiger charge is -2.42. The van der Waals surface area contributed by atoms with E-state index >= 15 is 0 Å². The molecule has 2 aliphatic rings. The van der Waals surface area contributed by atoms with E-state index in [9.17, 15) is 55.9 Å². The highest BCUT2D eigenvalue weighted by molar-refractivity contribution is 5.89. The van der Waals surface area contributed by atoms with E-state index in [-0.39, 0.29) is 16.9 Å². The van der Waals surface area contributed by atoms with E-state index in [0.717, 1.165) is 18.2 Å². The third kappa shape index (κ3) is 5.55. The highest BCUT2D eigenvalue weighted by Crippen LogP contribution is 2.40. The Labute approximate surface area is 241 Å². The molecule has 16 heteroatoms. The SMILES string of the molecule is CC1OC(OCC2OC(Oc3c(-c4ccc(O)c(O)c4)oc4ccc(O)c(O)c4c3=O)C(O)C(O)C2O)C(O)C(O)C1O. The Kier molecular flexibility index (Phi) is 8.41. The maximum absolute atomic E-state index is 13.6. The van der Waals surface area contributed by atoms with E-state index < -0.39 is 108 Å². The van der Waals surface area contributed by atoms with Gasteiger partial charge in [0.1, 0.15) is 53.7 Å². The van der Waals surface area contributed by atoms with Crippen LogP contribution in [0.4, 0.5) is 0 Å². The van der Waals surface area contributed by atoms with Crippen LogP contribution in [0, 0.1) is 0 Å². The van der Waals surface area contributed by atoms with Crippen LogP contribution >= 0.6 is 0 Å². The van der Waals surface area contributed by atoms with Gasteiger partial charge in [-0.05, 0) is 37.3 Å². The Morgan fingerprint density at radius 1 is 0.744 bits per heavy atom. The topological polar surface area (TPSA) is 269 Å². The summed E-state index contributed by atoms with van der Waals surface area (Å²) in [6, 6.07) is 5.61. The number of rotatable bonds is 6. The summed E-state index contributed by atoms with van der Waals surface area (Å²) in [4.78, 5) is 13.6. The van der Waals surface area contributed by atoms with E-state index in [1.165, 1.54) is 19.1 Å². The molecule has 0 aliphatic carbocycles. The summed E-state index contributed by atoms with van der Waals surface area (Å²) in [5.74, 6) is -3.69. The lowest BCUT2D eigenvalue weighted by molar-refractivity contribution is -0.318. The smallest absolute Gasteiger partial charge is 0.239 e. The molecule has 3 heterocycles. The van der Waals surface area contributed by atoms with Gasteiger partial charge in [-0.2, -0.15) is 0 Å². The first kappa shape index (κ1) is 30.7. The molecule has 2 aromatic carbocycles. The number of aliphatic hydroxyl groups is 6. The molecular weight excluding hydrogens is 580 g/mol. The monoisotopic (exact) mass is 610 g/mol. The summed E-state index contributed by atoms with van der Waals surface area (Å²) < 4.78 is 27.8. The van der Waals surface area contributed by atoms with Gasteiger partial charge in [-0.3, -0.25) is 4.79 Å². The fourth-order valence-electron chi connectivity index (χ4n) is 4.81. The van der Waals surface area contributed by atoms with Gasteiger partial charge in [0.25, 0.3) is 0 Å². The second-order valence-corrected chi connectivity index (χ2v) is 10.2. The number of hydrogen-bond donors (Lipinski definition) is 10. The number of benzene rings is 2. The summed E-state index contributed by atoms with van der Waals surface area (Å²) in [5, 5.41) is 101. The van der Waals surface area contributed by atoms with Gasteiger partial charge in [0.05, 0.1) is 12.7 Å². The molecule has 234 valence electrons. The quantitative estimate of drug-likeness (QED) is 0.140. The average Bonchev–Trinajstić information content (AvgIpc) is 2.98. The molecular formula is C27H30O16. The molecule has 5 rings (SSSR count). The van der Waals surface area contributed by atoms with Crippen LogP contribution in [0.15, 0.2) is 39.5 Å². The highest BCUT2D eigenvalue weighted by atomic mass is 16.7. The standard InChI is InChI=1S/C27H30O16/c1-8-16(31)20(35)22(37)26(40-8)39-7-14-18(33)21(36)23(38)27(42-14)43-25-19(34)15-13(5-4-11(29)17(15)32)41-24(25)9-2-3-10(28)12(30)6-9/h2-6,8,14,16,18,20-23,26-33,35-38H,7H2,1H3. The second kappa shape index (κ2) is 11.8. The number of phenolic OH excluding ortho intramolecular Hbond substituents is 4. The normalized spacial score (nSPS) is 33.0. The summed E-state index contributed by atoms with van der Waals surface area (Å²) >= 11 is 0. The van der Waals surface area contributed by atoms with Crippen molar-refractivity contribution < 1.29 is 74.4 Å². The van der Waals surface area contributed by atoms with E-state index in [1.807, 2.05) is 0 Å². The molecule has 0 bridgehead atoms. The van der Waals surface area contributed by atoms with Gasteiger partial charge >= 0.3 is 0 Å². The second-order valence-electron chi connectivity index (χ2n) is 10.2. The molecule has 10 atom stereocenters. The zero-order valence-electron chi connectivity index (χ0n) is 22.3. The first-order valence-electron chi connectivity index (χ1n) is 13.0. The summed E-state index contributed by atoms with van der Waals surface area (Å²) in [6.45, 7) is 0.811. The van der Waals surface area contributed by atoms with Gasteiger partial charge in [-0.1, -0.05) is 0 Å². The van der Waals surface area contributed by atoms with Crippen LogP contribution in [-0.4, -0.2) is 119 Å². The molecule has 16 nitrogen and oxygen atoms in total. The van der Waals surface area contributed by atoms with Crippen molar-refractivity contribution in [3.8, 4) is 40.1 Å². The van der Waals surface area contributed by atoms with Crippen LogP contribution in [0.5, 0.6) is 28.7 Å². The summed E-state index contributed by atoms with van der Waals surface area (Å²) in [5.41, 5.74) is -1.29. The number of phenols is 4. The minimum atomic E-state index is -1.98. The van der Waals surface area contributed by atoms with Crippen molar-refractivity contribution in [1.82, 2.24) is 0 Å². The van der Waals surface area contributed by atoms with Crippen LogP contribution < -0.4 is 10.2 Å². The molecule has 3 aromatic rings. The van der Waals surface area contributed by atoms with Crippen molar-refractivity contribution in [3.63, 3.8) is 0 Å². The number of aromatic hydroxyl groups is 4. The molecule has 2 aliphatic heterocycles. The van der Waals surface area contributed by atoms with Crippen LogP contribution in [0.3, 0.4) is 0 Å². The predicted molar refractivity (Wildman–Crippen MR) is 140 cm³/mol. The first-order chi connectivity index (χ1) is 20.3. The molecule has 2 fully saturated rings. The van der Waals surface area contributed by atoms with E-state index in [0.29, 0.717) is 0 Å². The molecule has 0 amide bonds. The molecule has 0 saturated carbocycles. The zero-order chi connectivity index (χ0) is 31.3. The molecule has 2 saturated heterocycles.